The Morgan fingerprint density at radius 3 is 2.42 bits per heavy atom. The first-order chi connectivity index (χ1) is 15.1. The molecule has 3 rings (SSSR count). The lowest BCUT2D eigenvalue weighted by atomic mass is 10.1. The second kappa shape index (κ2) is 11.5. The van der Waals surface area contributed by atoms with Crippen molar-refractivity contribution in [1.29, 1.82) is 0 Å². The molecule has 0 aliphatic heterocycles. The third kappa shape index (κ3) is 6.27. The maximum Gasteiger partial charge on any atom is 0.246 e. The number of methoxy groups -OCH3 is 3. The number of thiazole rings is 1. The summed E-state index contributed by atoms with van der Waals surface area (Å²) >= 11 is 1.58. The van der Waals surface area contributed by atoms with Crippen molar-refractivity contribution in [3.8, 4) is 33.3 Å². The zero-order chi connectivity index (χ0) is 22.1. The number of carbonyl (C=O) groups excluding carboxylic acids is 1. The lowest BCUT2D eigenvalue weighted by Crippen LogP contribution is -2.27. The Morgan fingerprint density at radius 1 is 0.968 bits per heavy atom. The molecule has 7 nitrogen and oxygen atoms in total. The van der Waals surface area contributed by atoms with Gasteiger partial charge in [0.25, 0.3) is 0 Å². The summed E-state index contributed by atoms with van der Waals surface area (Å²) in [6.07, 6.45) is 0. The third-order valence-corrected chi connectivity index (χ3v) is 5.43. The summed E-state index contributed by atoms with van der Waals surface area (Å²) in [5.74, 6) is 1.20. The van der Waals surface area contributed by atoms with Crippen LogP contribution in [0.1, 0.15) is 5.56 Å². The monoisotopic (exact) mass is 442 g/mol. The fourth-order valence-electron chi connectivity index (χ4n) is 2.86. The van der Waals surface area contributed by atoms with Gasteiger partial charge in [-0.05, 0) is 23.8 Å². The molecule has 1 N–H and O–H groups in total. The lowest BCUT2D eigenvalue weighted by molar-refractivity contribution is -0.126. The zero-order valence-electron chi connectivity index (χ0n) is 17.8. The molecule has 0 atom stereocenters. The number of carbonyl (C=O) groups is 1. The fourth-order valence-corrected chi connectivity index (χ4v) is 3.69. The quantitative estimate of drug-likeness (QED) is 0.456. The summed E-state index contributed by atoms with van der Waals surface area (Å²) in [4.78, 5) is 16.5. The van der Waals surface area contributed by atoms with Gasteiger partial charge >= 0.3 is 0 Å². The van der Waals surface area contributed by atoms with E-state index in [4.69, 9.17) is 23.9 Å². The molecule has 0 aliphatic carbocycles. The molecule has 0 fully saturated rings. The van der Waals surface area contributed by atoms with Crippen LogP contribution in [-0.4, -0.2) is 52.0 Å². The van der Waals surface area contributed by atoms with Gasteiger partial charge in [0.15, 0.2) is 11.5 Å². The molecule has 0 spiro atoms. The second-order valence-corrected chi connectivity index (χ2v) is 7.48. The van der Waals surface area contributed by atoms with E-state index in [1.54, 1.807) is 32.7 Å². The molecule has 31 heavy (non-hydrogen) atoms. The van der Waals surface area contributed by atoms with Crippen LogP contribution >= 0.6 is 11.3 Å². The van der Waals surface area contributed by atoms with Gasteiger partial charge < -0.3 is 24.3 Å². The first kappa shape index (κ1) is 22.7. The highest BCUT2D eigenvalue weighted by atomic mass is 32.1. The molecule has 0 unspecified atom stereocenters. The van der Waals surface area contributed by atoms with E-state index in [0.717, 1.165) is 27.4 Å². The van der Waals surface area contributed by atoms with Crippen LogP contribution in [0.5, 0.6) is 11.5 Å². The van der Waals surface area contributed by atoms with Gasteiger partial charge in [-0.3, -0.25) is 4.79 Å². The Balaban J connectivity index is 1.60. The highest BCUT2D eigenvalue weighted by Crippen LogP contribution is 2.34. The molecule has 8 heteroatoms. The normalized spacial score (nSPS) is 10.7. The predicted octanol–water partition coefficient (Wildman–Crippen LogP) is 3.77. The van der Waals surface area contributed by atoms with E-state index >= 15 is 0 Å². The minimum atomic E-state index is -0.153. The fraction of sp³-hybridized carbons (Fsp3) is 0.304. The maximum atomic E-state index is 11.8. The number of rotatable bonds is 11. The van der Waals surface area contributed by atoms with Crippen LogP contribution in [0.3, 0.4) is 0 Å². The number of aromatic nitrogens is 1. The Bertz CT molecular complexity index is 988. The Hall–Kier alpha value is -2.94. The predicted molar refractivity (Wildman–Crippen MR) is 121 cm³/mol. The van der Waals surface area contributed by atoms with Crippen molar-refractivity contribution >= 4 is 17.2 Å². The van der Waals surface area contributed by atoms with E-state index in [0.29, 0.717) is 31.3 Å². The molecule has 164 valence electrons. The average Bonchev–Trinajstić information content (AvgIpc) is 3.30. The topological polar surface area (TPSA) is 78.9 Å². The molecule has 1 aromatic heterocycles. The molecule has 2 aromatic carbocycles. The van der Waals surface area contributed by atoms with Gasteiger partial charge in [-0.25, -0.2) is 4.98 Å². The van der Waals surface area contributed by atoms with E-state index in [2.05, 4.69) is 5.32 Å². The van der Waals surface area contributed by atoms with Crippen molar-refractivity contribution < 1.29 is 23.7 Å². The van der Waals surface area contributed by atoms with Crippen LogP contribution in [-0.2, 0) is 20.8 Å². The number of amides is 1. The molecular weight excluding hydrogens is 416 g/mol. The van der Waals surface area contributed by atoms with Crippen LogP contribution < -0.4 is 14.8 Å². The largest absolute Gasteiger partial charge is 0.493 e. The Morgan fingerprint density at radius 2 is 1.71 bits per heavy atom. The number of ether oxygens (including phenoxy) is 4. The molecule has 3 aromatic rings. The first-order valence-corrected chi connectivity index (χ1v) is 10.6. The van der Waals surface area contributed by atoms with Gasteiger partial charge in [-0.2, -0.15) is 0 Å². The zero-order valence-corrected chi connectivity index (χ0v) is 18.7. The summed E-state index contributed by atoms with van der Waals surface area (Å²) in [5, 5.41) is 5.79. The molecule has 0 aliphatic rings. The third-order valence-electron chi connectivity index (χ3n) is 4.54. The minimum absolute atomic E-state index is 0.0273. The summed E-state index contributed by atoms with van der Waals surface area (Å²) in [6.45, 7) is 1.35. The van der Waals surface area contributed by atoms with Crippen LogP contribution in [0.2, 0.25) is 0 Å². The van der Waals surface area contributed by atoms with Crippen LogP contribution in [0.4, 0.5) is 0 Å². The molecule has 0 radical (unpaired) electrons. The average molecular weight is 443 g/mol. The van der Waals surface area contributed by atoms with E-state index in [-0.39, 0.29) is 12.5 Å². The van der Waals surface area contributed by atoms with Crippen molar-refractivity contribution in [3.05, 3.63) is 53.4 Å². The highest BCUT2D eigenvalue weighted by Gasteiger charge is 2.11. The molecule has 0 saturated carbocycles. The van der Waals surface area contributed by atoms with E-state index in [9.17, 15) is 4.79 Å². The molecule has 0 saturated heterocycles. The summed E-state index contributed by atoms with van der Waals surface area (Å²) in [5.41, 5.74) is 3.87. The van der Waals surface area contributed by atoms with Crippen molar-refractivity contribution in [1.82, 2.24) is 10.3 Å². The van der Waals surface area contributed by atoms with Crippen molar-refractivity contribution in [2.24, 2.45) is 0 Å². The van der Waals surface area contributed by atoms with E-state index < -0.39 is 0 Å². The van der Waals surface area contributed by atoms with Crippen LogP contribution in [0.25, 0.3) is 21.8 Å². The van der Waals surface area contributed by atoms with E-state index in [1.807, 2.05) is 47.8 Å². The SMILES string of the molecule is COCCOCC(=O)NCc1ccc(-c2nc(-c3ccc(OC)c(OC)c3)cs2)cc1. The van der Waals surface area contributed by atoms with Gasteiger partial charge in [0.05, 0.1) is 33.1 Å². The van der Waals surface area contributed by atoms with Gasteiger partial charge in [-0.15, -0.1) is 11.3 Å². The van der Waals surface area contributed by atoms with Gasteiger partial charge in [0.2, 0.25) is 5.91 Å². The second-order valence-electron chi connectivity index (χ2n) is 6.63. The number of hydrogen-bond acceptors (Lipinski definition) is 7. The summed E-state index contributed by atoms with van der Waals surface area (Å²) in [7, 11) is 4.83. The smallest absolute Gasteiger partial charge is 0.246 e. The maximum absolute atomic E-state index is 11.8. The van der Waals surface area contributed by atoms with Gasteiger partial charge in [0.1, 0.15) is 11.6 Å². The Labute approximate surface area is 185 Å². The number of hydrogen-bond donors (Lipinski definition) is 1. The van der Waals surface area contributed by atoms with Gasteiger partial charge in [0, 0.05) is 30.2 Å². The summed E-state index contributed by atoms with van der Waals surface area (Å²) in [6, 6.07) is 13.7. The first-order valence-electron chi connectivity index (χ1n) is 9.75. The molecule has 1 amide bonds. The molecule has 0 bridgehead atoms. The van der Waals surface area contributed by atoms with Gasteiger partial charge in [-0.1, -0.05) is 24.3 Å². The number of benzene rings is 2. The minimum Gasteiger partial charge on any atom is -0.493 e. The van der Waals surface area contributed by atoms with Crippen molar-refractivity contribution in [3.63, 3.8) is 0 Å². The number of nitrogens with one attached hydrogen (secondary N) is 1. The highest BCUT2D eigenvalue weighted by molar-refractivity contribution is 7.13. The van der Waals surface area contributed by atoms with Crippen molar-refractivity contribution in [2.45, 2.75) is 6.54 Å². The molecular formula is C23H26N2O5S. The molecule has 1 heterocycles. The van der Waals surface area contributed by atoms with Crippen molar-refractivity contribution in [2.75, 3.05) is 41.2 Å². The van der Waals surface area contributed by atoms with Crippen LogP contribution in [0.15, 0.2) is 47.8 Å². The lowest BCUT2D eigenvalue weighted by Gasteiger charge is -2.08. The standard InChI is InChI=1S/C23H26N2O5S/c1-27-10-11-30-14-22(26)24-13-16-4-6-17(7-5-16)23-25-19(15-31-23)18-8-9-20(28-2)21(12-18)29-3/h4-9,12,15H,10-11,13-14H2,1-3H3,(H,24,26). The Kier molecular flexibility index (Phi) is 8.40. The van der Waals surface area contributed by atoms with E-state index in [1.165, 1.54) is 0 Å². The van der Waals surface area contributed by atoms with Crippen LogP contribution in [0, 0.1) is 0 Å². The summed E-state index contributed by atoms with van der Waals surface area (Å²) < 4.78 is 20.8. The number of nitrogens with zero attached hydrogens (tertiary/aromatic N) is 1.